The van der Waals surface area contributed by atoms with Gasteiger partial charge >= 0.3 is 0 Å². The summed E-state index contributed by atoms with van der Waals surface area (Å²) in [4.78, 5) is 4.03. The van der Waals surface area contributed by atoms with E-state index in [2.05, 4.69) is 25.8 Å². The molecule has 2 heteroatoms. The Bertz CT molecular complexity index is 316. The molecule has 18 heavy (non-hydrogen) atoms. The molecule has 0 fully saturated rings. The zero-order valence-corrected chi connectivity index (χ0v) is 12.0. The highest BCUT2D eigenvalue weighted by Crippen LogP contribution is 2.23. The highest BCUT2D eigenvalue weighted by atomic mass is 16.3. The lowest BCUT2D eigenvalue weighted by Crippen LogP contribution is -2.04. The predicted octanol–water partition coefficient (Wildman–Crippen LogP) is 4.50. The van der Waals surface area contributed by atoms with Gasteiger partial charge in [0, 0.05) is 12.4 Å². The van der Waals surface area contributed by atoms with Gasteiger partial charge in [-0.25, -0.2) is 0 Å². The maximum Gasteiger partial charge on any atom is 0.0804 e. The molecule has 0 radical (unpaired) electrons. The third-order valence-corrected chi connectivity index (χ3v) is 3.22. The molecule has 0 aromatic carbocycles. The summed E-state index contributed by atoms with van der Waals surface area (Å²) in [7, 11) is 0. The SMILES string of the molecule is CC(C)(C)CCCCCCC(O)c1cccnc1. The minimum atomic E-state index is -0.346. The lowest BCUT2D eigenvalue weighted by Gasteiger charge is -2.17. The molecule has 2 nitrogen and oxygen atoms in total. The van der Waals surface area contributed by atoms with Crippen molar-refractivity contribution in [1.29, 1.82) is 0 Å². The number of hydrogen-bond donors (Lipinski definition) is 1. The number of aliphatic hydroxyl groups excluding tert-OH is 1. The summed E-state index contributed by atoms with van der Waals surface area (Å²) in [5, 5.41) is 9.97. The van der Waals surface area contributed by atoms with Crippen LogP contribution in [0.2, 0.25) is 0 Å². The van der Waals surface area contributed by atoms with Gasteiger partial charge in [0.05, 0.1) is 6.10 Å². The molecule has 0 aliphatic heterocycles. The molecule has 1 aromatic rings. The van der Waals surface area contributed by atoms with Gasteiger partial charge in [0.25, 0.3) is 0 Å². The van der Waals surface area contributed by atoms with E-state index in [-0.39, 0.29) is 6.10 Å². The number of unbranched alkanes of at least 4 members (excludes halogenated alkanes) is 3. The zero-order chi connectivity index (χ0) is 13.4. The van der Waals surface area contributed by atoms with Gasteiger partial charge in [-0.1, -0.05) is 52.5 Å². The first-order chi connectivity index (χ1) is 8.49. The van der Waals surface area contributed by atoms with Crippen LogP contribution >= 0.6 is 0 Å². The van der Waals surface area contributed by atoms with Crippen LogP contribution in [0.15, 0.2) is 24.5 Å². The fraction of sp³-hybridized carbons (Fsp3) is 0.688. The Morgan fingerprint density at radius 1 is 1.17 bits per heavy atom. The first-order valence-corrected chi connectivity index (χ1v) is 7.07. The van der Waals surface area contributed by atoms with Crippen molar-refractivity contribution in [2.75, 3.05) is 0 Å². The Morgan fingerprint density at radius 3 is 2.50 bits per heavy atom. The molecule has 1 N–H and O–H groups in total. The number of hydrogen-bond acceptors (Lipinski definition) is 2. The van der Waals surface area contributed by atoms with Crippen molar-refractivity contribution in [2.24, 2.45) is 5.41 Å². The molecule has 1 aromatic heterocycles. The lowest BCUT2D eigenvalue weighted by molar-refractivity contribution is 0.162. The normalized spacial score (nSPS) is 13.6. The third-order valence-electron chi connectivity index (χ3n) is 3.22. The van der Waals surface area contributed by atoms with Crippen molar-refractivity contribution >= 4 is 0 Å². The Morgan fingerprint density at radius 2 is 1.89 bits per heavy atom. The molecule has 0 aliphatic carbocycles. The first kappa shape index (κ1) is 15.2. The standard InChI is InChI=1S/C16H27NO/c1-16(2,3)11-7-5-4-6-10-15(18)14-9-8-12-17-13-14/h8-9,12-13,15,18H,4-7,10-11H2,1-3H3. The van der Waals surface area contributed by atoms with Crippen LogP contribution in [0.1, 0.15) is 71.0 Å². The smallest absolute Gasteiger partial charge is 0.0804 e. The lowest BCUT2D eigenvalue weighted by atomic mass is 9.89. The van der Waals surface area contributed by atoms with Gasteiger partial charge in [-0.05, 0) is 29.9 Å². The number of aliphatic hydroxyl groups is 1. The summed E-state index contributed by atoms with van der Waals surface area (Å²) in [6.07, 6.45) is 10.2. The molecule has 0 saturated heterocycles. The van der Waals surface area contributed by atoms with E-state index in [0.29, 0.717) is 5.41 Å². The third kappa shape index (κ3) is 6.75. The largest absolute Gasteiger partial charge is 0.388 e. The van der Waals surface area contributed by atoms with E-state index >= 15 is 0 Å². The van der Waals surface area contributed by atoms with E-state index in [9.17, 15) is 5.11 Å². The topological polar surface area (TPSA) is 33.1 Å². The second-order valence-electron chi connectivity index (χ2n) is 6.32. The van der Waals surface area contributed by atoms with Crippen LogP contribution in [0.3, 0.4) is 0 Å². The van der Waals surface area contributed by atoms with Crippen LogP contribution in [-0.2, 0) is 0 Å². The first-order valence-electron chi connectivity index (χ1n) is 7.07. The van der Waals surface area contributed by atoms with Crippen molar-refractivity contribution in [3.05, 3.63) is 30.1 Å². The van der Waals surface area contributed by atoms with E-state index in [1.165, 1.54) is 25.7 Å². The second-order valence-corrected chi connectivity index (χ2v) is 6.32. The maximum atomic E-state index is 9.97. The minimum Gasteiger partial charge on any atom is -0.388 e. The molecular formula is C16H27NO. The number of aromatic nitrogens is 1. The van der Waals surface area contributed by atoms with Crippen molar-refractivity contribution in [1.82, 2.24) is 4.98 Å². The Labute approximate surface area is 111 Å². The zero-order valence-electron chi connectivity index (χ0n) is 12.0. The molecule has 0 aliphatic rings. The van der Waals surface area contributed by atoms with Gasteiger partial charge in [-0.2, -0.15) is 0 Å². The highest BCUT2D eigenvalue weighted by molar-refractivity contribution is 5.11. The molecule has 1 unspecified atom stereocenters. The summed E-state index contributed by atoms with van der Waals surface area (Å²) >= 11 is 0. The fourth-order valence-corrected chi connectivity index (χ4v) is 2.09. The number of nitrogens with zero attached hydrogens (tertiary/aromatic N) is 1. The predicted molar refractivity (Wildman–Crippen MR) is 76.4 cm³/mol. The molecule has 0 bridgehead atoms. The van der Waals surface area contributed by atoms with Gasteiger partial charge in [0.2, 0.25) is 0 Å². The van der Waals surface area contributed by atoms with Gasteiger partial charge in [0.1, 0.15) is 0 Å². The summed E-state index contributed by atoms with van der Waals surface area (Å²) < 4.78 is 0. The quantitative estimate of drug-likeness (QED) is 0.722. The van der Waals surface area contributed by atoms with Gasteiger partial charge in [-0.15, -0.1) is 0 Å². The molecule has 1 heterocycles. The average molecular weight is 249 g/mol. The van der Waals surface area contributed by atoms with Crippen LogP contribution in [0.5, 0.6) is 0 Å². The number of pyridine rings is 1. The molecule has 1 atom stereocenters. The summed E-state index contributed by atoms with van der Waals surface area (Å²) in [5.74, 6) is 0. The fourth-order valence-electron chi connectivity index (χ4n) is 2.09. The van der Waals surface area contributed by atoms with Crippen LogP contribution in [0, 0.1) is 5.41 Å². The summed E-state index contributed by atoms with van der Waals surface area (Å²) in [6, 6.07) is 3.82. The van der Waals surface area contributed by atoms with E-state index in [4.69, 9.17) is 0 Å². The molecule has 0 saturated carbocycles. The molecular weight excluding hydrogens is 222 g/mol. The van der Waals surface area contributed by atoms with Crippen LogP contribution in [0.4, 0.5) is 0 Å². The van der Waals surface area contributed by atoms with Crippen molar-refractivity contribution < 1.29 is 5.11 Å². The summed E-state index contributed by atoms with van der Waals surface area (Å²) in [5.41, 5.74) is 1.39. The monoisotopic (exact) mass is 249 g/mol. The van der Waals surface area contributed by atoms with Crippen molar-refractivity contribution in [3.63, 3.8) is 0 Å². The van der Waals surface area contributed by atoms with Crippen molar-refractivity contribution in [3.8, 4) is 0 Å². The van der Waals surface area contributed by atoms with Gasteiger partial charge in [-0.3, -0.25) is 4.98 Å². The Kier molecular flexibility index (Phi) is 6.34. The molecule has 0 amide bonds. The van der Waals surface area contributed by atoms with Gasteiger partial charge in [0.15, 0.2) is 0 Å². The van der Waals surface area contributed by atoms with E-state index in [0.717, 1.165) is 18.4 Å². The molecule has 0 spiro atoms. The van der Waals surface area contributed by atoms with E-state index in [1.807, 2.05) is 12.1 Å². The summed E-state index contributed by atoms with van der Waals surface area (Å²) in [6.45, 7) is 6.87. The minimum absolute atomic E-state index is 0.346. The Hall–Kier alpha value is -0.890. The molecule has 1 rings (SSSR count). The van der Waals surface area contributed by atoms with Crippen molar-refractivity contribution in [2.45, 2.75) is 65.4 Å². The Balaban J connectivity index is 2.08. The highest BCUT2D eigenvalue weighted by Gasteiger charge is 2.09. The van der Waals surface area contributed by atoms with Crippen LogP contribution in [-0.4, -0.2) is 10.1 Å². The van der Waals surface area contributed by atoms with Crippen LogP contribution in [0.25, 0.3) is 0 Å². The second kappa shape index (κ2) is 7.52. The number of rotatable bonds is 7. The van der Waals surface area contributed by atoms with E-state index < -0.39 is 0 Å². The van der Waals surface area contributed by atoms with E-state index in [1.54, 1.807) is 12.4 Å². The average Bonchev–Trinajstić information content (AvgIpc) is 2.33. The van der Waals surface area contributed by atoms with Gasteiger partial charge < -0.3 is 5.11 Å². The molecule has 102 valence electrons. The maximum absolute atomic E-state index is 9.97. The van der Waals surface area contributed by atoms with Crippen LogP contribution < -0.4 is 0 Å².